The van der Waals surface area contributed by atoms with Crippen LogP contribution in [0.15, 0.2) is 0 Å². The Bertz CT molecular complexity index is 53.7. The third kappa shape index (κ3) is 109. The van der Waals surface area contributed by atoms with E-state index in [-0.39, 0.29) is 23.1 Å². The summed E-state index contributed by atoms with van der Waals surface area (Å²) in [5, 5.41) is 0. The van der Waals surface area contributed by atoms with Crippen molar-refractivity contribution in [3.05, 3.63) is 0 Å². The maximum Gasteiger partial charge on any atom is 2.00 e. The molecule has 0 aliphatic carbocycles. The molecule has 6 heavy (non-hydrogen) atoms. The average molecular weight is 122 g/mol. The van der Waals surface area contributed by atoms with E-state index in [0.29, 0.717) is 0 Å². The average Bonchev–Trinajstić information content (AvgIpc) is 0.722. The minimum absolute atomic E-state index is 0. The maximum absolute atomic E-state index is 8.66. The quantitative estimate of drug-likeness (QED) is 0.298. The summed E-state index contributed by atoms with van der Waals surface area (Å²) in [6.45, 7) is 0. The largest absolute Gasteiger partial charge is 2.00 e. The molecule has 0 bridgehead atoms. The fourth-order valence-electron chi connectivity index (χ4n) is 0. The van der Waals surface area contributed by atoms with Crippen LogP contribution in [0.5, 0.6) is 0 Å². The Morgan fingerprint density at radius 3 is 1.50 bits per heavy atom. The minimum Gasteiger partial charge on any atom is -0.782 e. The molecule has 0 atom stereocenters. The first-order chi connectivity index (χ1) is 2.00. The summed E-state index contributed by atoms with van der Waals surface area (Å²) in [4.78, 5) is 0. The Kier molecular flexibility index (Phi) is 4.78. The second kappa shape index (κ2) is 2.89. The van der Waals surface area contributed by atoms with Crippen molar-refractivity contribution >= 4 is 33.8 Å². The molecule has 0 heterocycles. The fourth-order valence-corrected chi connectivity index (χ4v) is 0. The van der Waals surface area contributed by atoms with Crippen LogP contribution in [-0.2, 0) is 10.8 Å². The van der Waals surface area contributed by atoms with Gasteiger partial charge in [-0.2, -0.15) is 0 Å². The second-order valence-electron chi connectivity index (χ2n) is 0.469. The molecule has 0 spiro atoms. The van der Waals surface area contributed by atoms with E-state index in [2.05, 4.69) is 0 Å². The molecule has 0 fully saturated rings. The molecule has 0 aliphatic rings. The Morgan fingerprint density at radius 2 is 1.50 bits per heavy atom. The van der Waals surface area contributed by atoms with Gasteiger partial charge in [-0.1, -0.05) is 0 Å². The Hall–Kier alpha value is 0.796. The van der Waals surface area contributed by atoms with Gasteiger partial charge in [-0.25, -0.2) is 0 Å². The van der Waals surface area contributed by atoms with Crippen LogP contribution in [0, 0.1) is 0 Å². The zero-order valence-corrected chi connectivity index (χ0v) is 5.13. The van der Waals surface area contributed by atoms with Crippen molar-refractivity contribution in [1.29, 1.82) is 0 Å². The first kappa shape index (κ1) is 9.93. The summed E-state index contributed by atoms with van der Waals surface area (Å²) in [7, 11) is -5.14. The van der Waals surface area contributed by atoms with E-state index in [0.717, 1.165) is 0 Å². The first-order valence-corrected chi connectivity index (χ1v) is 2.24. The van der Waals surface area contributed by atoms with Crippen LogP contribution in [0.25, 0.3) is 0 Å². The third-order valence-electron chi connectivity index (χ3n) is 0. The molecule has 0 saturated heterocycles. The van der Waals surface area contributed by atoms with Gasteiger partial charge in [0.05, 0.1) is 0 Å². The predicted molar refractivity (Wildman–Crippen MR) is 19.5 cm³/mol. The number of hydrogen-bond donors (Lipinski definition) is 2. The Morgan fingerprint density at radius 1 is 1.50 bits per heavy atom. The summed E-state index contributed by atoms with van der Waals surface area (Å²) in [5.41, 5.74) is 0. The van der Waals surface area contributed by atoms with E-state index in [1.54, 1.807) is 0 Å². The molecule has 0 saturated carbocycles. The zero-order valence-electron chi connectivity index (χ0n) is 2.83. The van der Waals surface area contributed by atoms with Crippen molar-refractivity contribution in [2.45, 2.75) is 0 Å². The van der Waals surface area contributed by atoms with Crippen LogP contribution >= 0.6 is 0 Å². The summed E-state index contributed by atoms with van der Waals surface area (Å²) in [5.74, 6) is 0. The number of rotatable bonds is 0. The number of thiol groups is 1. The van der Waals surface area contributed by atoms with Gasteiger partial charge in [0, 0.05) is 0 Å². The van der Waals surface area contributed by atoms with Crippen LogP contribution in [0.3, 0.4) is 0 Å². The summed E-state index contributed by atoms with van der Waals surface area (Å²) in [6, 6.07) is 0. The molecule has 6 heteroatoms. The molecule has 0 aliphatic heterocycles. The summed E-state index contributed by atoms with van der Waals surface area (Å²) >= 11 is 0. The van der Waals surface area contributed by atoms with Gasteiger partial charge in [-0.15, -0.1) is 10.8 Å². The van der Waals surface area contributed by atoms with Gasteiger partial charge >= 0.3 is 23.1 Å². The zero-order chi connectivity index (χ0) is 4.50. The van der Waals surface area contributed by atoms with Gasteiger partial charge in [-0.05, 0) is 0 Å². The molecule has 4 nitrogen and oxygen atoms in total. The van der Waals surface area contributed by atoms with Gasteiger partial charge in [0.1, 0.15) is 0 Å². The van der Waals surface area contributed by atoms with E-state index in [4.69, 9.17) is 17.9 Å². The molecule has 0 amide bonds. The van der Waals surface area contributed by atoms with Gasteiger partial charge in [0.25, 0.3) is 0 Å². The number of hydrogen-bond acceptors (Lipinski definition) is 3. The summed E-state index contributed by atoms with van der Waals surface area (Å²) in [6.07, 6.45) is 0. The molecule has 0 rings (SSSR count). The molecule has 0 aromatic rings. The van der Waals surface area contributed by atoms with E-state index in [9.17, 15) is 0 Å². The van der Waals surface area contributed by atoms with Crippen molar-refractivity contribution in [3.63, 3.8) is 0 Å². The van der Waals surface area contributed by atoms with Gasteiger partial charge in [0.2, 0.25) is 0 Å². The standard InChI is InChI=1S/Mg.H4O4S/c;1-5(2,3)4/h;5H,(H3,1,2,3,4)/q+2;/p-2. The monoisotopic (exact) mass is 122 g/mol. The van der Waals surface area contributed by atoms with E-state index >= 15 is 0 Å². The van der Waals surface area contributed by atoms with Crippen molar-refractivity contribution in [2.24, 2.45) is 0 Å². The molecule has 0 aromatic carbocycles. The van der Waals surface area contributed by atoms with Crippen LogP contribution < -0.4 is 0 Å². The molecule has 0 unspecified atom stereocenters. The molecule has 0 aromatic heterocycles. The molecular weight excluding hydrogens is 120 g/mol. The normalized spacial score (nSPS) is 12.5. The van der Waals surface area contributed by atoms with Gasteiger partial charge in [0.15, 0.2) is 0 Å². The van der Waals surface area contributed by atoms with E-state index in [1.807, 2.05) is 0 Å². The topological polar surface area (TPSA) is 83.4 Å². The van der Waals surface area contributed by atoms with Crippen molar-refractivity contribution in [2.75, 3.05) is 0 Å². The van der Waals surface area contributed by atoms with Crippen LogP contribution in [0.1, 0.15) is 0 Å². The van der Waals surface area contributed by atoms with Crippen molar-refractivity contribution in [3.8, 4) is 0 Å². The van der Waals surface area contributed by atoms with E-state index < -0.39 is 10.8 Å². The first-order valence-electron chi connectivity index (χ1n) is 0.748. The molecular formula is H2MgO4S. The second-order valence-corrected chi connectivity index (χ2v) is 1.41. The minimum atomic E-state index is -5.14. The van der Waals surface area contributed by atoms with Crippen LogP contribution in [-0.4, -0.2) is 40.9 Å². The predicted octanol–water partition coefficient (Wildman–Crippen LogP) is -1.64. The van der Waals surface area contributed by atoms with E-state index in [1.165, 1.54) is 0 Å². The molecule has 34 valence electrons. The van der Waals surface area contributed by atoms with Crippen LogP contribution in [0.2, 0.25) is 0 Å². The fraction of sp³-hybridized carbons (Fsp3) is 0. The SMILES string of the molecule is O=[SH]([O-])([O-])O.[Mg+2]. The smallest absolute Gasteiger partial charge is 0.782 e. The van der Waals surface area contributed by atoms with Gasteiger partial charge < -0.3 is 13.7 Å². The maximum atomic E-state index is 8.66. The van der Waals surface area contributed by atoms with Crippen LogP contribution in [0.4, 0.5) is 0 Å². The molecule has 1 N–H and O–H groups in total. The third-order valence-corrected chi connectivity index (χ3v) is 0. The van der Waals surface area contributed by atoms with Gasteiger partial charge in [-0.3, -0.25) is 4.21 Å². The summed E-state index contributed by atoms with van der Waals surface area (Å²) < 4.78 is 32.9. The Labute approximate surface area is 52.0 Å². The van der Waals surface area contributed by atoms with Crippen molar-refractivity contribution < 1.29 is 17.9 Å². The molecule has 0 radical (unpaired) electrons. The Balaban J connectivity index is 0. The van der Waals surface area contributed by atoms with Crippen molar-refractivity contribution in [1.82, 2.24) is 0 Å².